The second-order valence-electron chi connectivity index (χ2n) is 7.42. The van der Waals surface area contributed by atoms with Crippen LogP contribution in [0.5, 0.6) is 0 Å². The summed E-state index contributed by atoms with van der Waals surface area (Å²) in [4.78, 5) is 25.8. The van der Waals surface area contributed by atoms with Gasteiger partial charge in [0.05, 0.1) is 22.1 Å². The van der Waals surface area contributed by atoms with Crippen LogP contribution < -0.4 is 5.32 Å². The summed E-state index contributed by atoms with van der Waals surface area (Å²) >= 11 is 4.66. The lowest BCUT2D eigenvalue weighted by Crippen LogP contribution is -2.32. The van der Waals surface area contributed by atoms with Crippen molar-refractivity contribution in [1.82, 2.24) is 10.0 Å². The summed E-state index contributed by atoms with van der Waals surface area (Å²) in [5, 5.41) is 17.2. The molecule has 0 aliphatic carbocycles. The third-order valence-corrected chi connectivity index (χ3v) is 6.73. The van der Waals surface area contributed by atoms with Crippen molar-refractivity contribution >= 4 is 63.0 Å². The average Bonchev–Trinajstić information content (AvgIpc) is 3.37. The molecule has 7 nitrogen and oxygen atoms in total. The summed E-state index contributed by atoms with van der Waals surface area (Å²) in [6.45, 7) is 5.58. The third kappa shape index (κ3) is 6.62. The van der Waals surface area contributed by atoms with Crippen molar-refractivity contribution < 1.29 is 14.7 Å². The lowest BCUT2D eigenvalue weighted by molar-refractivity contribution is -0.181. The molecule has 0 atom stereocenters. The summed E-state index contributed by atoms with van der Waals surface area (Å²) in [6, 6.07) is 9.55. The molecular formula is C21H24N4O3S3. The molecular weight excluding hydrogens is 452 g/mol. The number of hydrogen-bond acceptors (Lipinski definition) is 9. The van der Waals surface area contributed by atoms with Crippen LogP contribution >= 0.6 is 34.4 Å². The van der Waals surface area contributed by atoms with Gasteiger partial charge in [0.1, 0.15) is 11.3 Å². The van der Waals surface area contributed by atoms with Crippen molar-refractivity contribution in [2.75, 3.05) is 11.6 Å². The number of aliphatic hydroxyl groups is 1. The number of thioether (sulfide) groups is 1. The zero-order valence-electron chi connectivity index (χ0n) is 17.7. The third-order valence-electron chi connectivity index (χ3n) is 3.79. The highest BCUT2D eigenvalue weighted by Crippen LogP contribution is 2.42. The molecule has 0 spiro atoms. The van der Waals surface area contributed by atoms with Crippen molar-refractivity contribution in [3.8, 4) is 11.3 Å². The number of nitrogens with zero attached hydrogens (tertiary/aromatic N) is 3. The summed E-state index contributed by atoms with van der Waals surface area (Å²) in [5.74, 6) is 0. The van der Waals surface area contributed by atoms with E-state index in [2.05, 4.69) is 10.3 Å². The normalized spacial score (nSPS) is 11.8. The van der Waals surface area contributed by atoms with Crippen LogP contribution in [0.25, 0.3) is 11.3 Å². The van der Waals surface area contributed by atoms with Gasteiger partial charge in [0.15, 0.2) is 5.13 Å². The van der Waals surface area contributed by atoms with Crippen LogP contribution in [0.3, 0.4) is 0 Å². The van der Waals surface area contributed by atoms with Crippen molar-refractivity contribution in [1.29, 1.82) is 0 Å². The fourth-order valence-electron chi connectivity index (χ4n) is 2.58. The maximum Gasteiger partial charge on any atom is 0.239 e. The van der Waals surface area contributed by atoms with E-state index in [1.54, 1.807) is 11.8 Å². The first kappa shape index (κ1) is 23.4. The van der Waals surface area contributed by atoms with E-state index in [4.69, 9.17) is 9.82 Å². The van der Waals surface area contributed by atoms with Gasteiger partial charge in [-0.2, -0.15) is 5.06 Å². The maximum absolute atomic E-state index is 11.2. The van der Waals surface area contributed by atoms with E-state index in [1.807, 2.05) is 62.7 Å². The van der Waals surface area contributed by atoms with Gasteiger partial charge in [0.2, 0.25) is 6.41 Å². The quantitative estimate of drug-likeness (QED) is 0.136. The Morgan fingerprint density at radius 2 is 2.16 bits per heavy atom. The second-order valence-corrected chi connectivity index (χ2v) is 10.4. The minimum atomic E-state index is -0.501. The minimum Gasteiger partial charge on any atom is -0.392 e. The highest BCUT2D eigenvalue weighted by atomic mass is 32.2. The molecule has 2 N–H and O–H groups in total. The Morgan fingerprint density at radius 3 is 2.84 bits per heavy atom. The number of hydrogen-bond donors (Lipinski definition) is 2. The van der Waals surface area contributed by atoms with E-state index in [1.165, 1.54) is 29.0 Å². The Balaban J connectivity index is 1.78. The number of thiazole rings is 1. The zero-order chi connectivity index (χ0) is 22.4. The van der Waals surface area contributed by atoms with E-state index < -0.39 is 5.60 Å². The number of aliphatic hydroxyl groups excluding tert-OH is 1. The Hall–Kier alpha value is -2.24. The summed E-state index contributed by atoms with van der Waals surface area (Å²) < 4.78 is 1.08. The number of aromatic nitrogens is 1. The zero-order valence-corrected chi connectivity index (χ0v) is 20.1. The smallest absolute Gasteiger partial charge is 0.239 e. The first-order valence-electron chi connectivity index (χ1n) is 9.39. The summed E-state index contributed by atoms with van der Waals surface area (Å²) in [6.07, 6.45) is 3.97. The molecule has 10 heteroatoms. The van der Waals surface area contributed by atoms with Gasteiger partial charge in [-0.15, -0.1) is 34.4 Å². The molecule has 2 aromatic heterocycles. The minimum absolute atomic E-state index is 0.00372. The highest BCUT2D eigenvalue weighted by molar-refractivity contribution is 8.00. The van der Waals surface area contributed by atoms with Gasteiger partial charge in [-0.05, 0) is 50.8 Å². The predicted octanol–water partition coefficient (Wildman–Crippen LogP) is 5.68. The highest BCUT2D eigenvalue weighted by Gasteiger charge is 2.16. The number of anilines is 2. The van der Waals surface area contributed by atoms with Gasteiger partial charge in [-0.1, -0.05) is 12.1 Å². The molecule has 164 valence electrons. The fraction of sp³-hybridized carbons (Fsp3) is 0.286. The van der Waals surface area contributed by atoms with Gasteiger partial charge in [-0.3, -0.25) is 9.63 Å². The number of carbonyl (C=O) groups excluding carboxylic acids is 1. The van der Waals surface area contributed by atoms with E-state index >= 15 is 0 Å². The molecule has 0 saturated heterocycles. The largest absolute Gasteiger partial charge is 0.392 e. The molecule has 0 aliphatic rings. The Bertz CT molecular complexity index is 1060. The molecule has 0 bridgehead atoms. The number of hydroxylamine groups is 2. The number of rotatable bonds is 9. The molecule has 0 saturated carbocycles. The second kappa shape index (κ2) is 10.4. The van der Waals surface area contributed by atoms with Crippen molar-refractivity contribution in [3.63, 3.8) is 0 Å². The first-order valence-corrected chi connectivity index (χ1v) is 12.3. The topological polar surface area (TPSA) is 87.1 Å². The summed E-state index contributed by atoms with van der Waals surface area (Å²) in [7, 11) is 0. The van der Waals surface area contributed by atoms with Gasteiger partial charge in [0, 0.05) is 16.6 Å². The molecule has 3 rings (SSSR count). The lowest BCUT2D eigenvalue weighted by Gasteiger charge is -2.23. The molecule has 0 radical (unpaired) electrons. The molecule has 0 aliphatic heterocycles. The predicted molar refractivity (Wildman–Crippen MR) is 130 cm³/mol. The van der Waals surface area contributed by atoms with Crippen LogP contribution in [0.1, 0.15) is 26.3 Å². The Morgan fingerprint density at radius 1 is 1.35 bits per heavy atom. The van der Waals surface area contributed by atoms with Crippen LogP contribution in [0.4, 0.5) is 15.8 Å². The Labute approximate surface area is 193 Å². The number of benzene rings is 1. The van der Waals surface area contributed by atoms with E-state index in [0.29, 0.717) is 6.41 Å². The average molecular weight is 477 g/mol. The van der Waals surface area contributed by atoms with Gasteiger partial charge in [0.25, 0.3) is 0 Å². The molecule has 0 fully saturated rings. The number of aliphatic imine (C=N–C) groups is 1. The molecule has 31 heavy (non-hydrogen) atoms. The first-order chi connectivity index (χ1) is 14.8. The van der Waals surface area contributed by atoms with Crippen LogP contribution in [-0.2, 0) is 16.2 Å². The van der Waals surface area contributed by atoms with Gasteiger partial charge in [-0.25, -0.2) is 9.98 Å². The van der Waals surface area contributed by atoms with E-state index in [-0.39, 0.29) is 6.61 Å². The maximum atomic E-state index is 11.2. The van der Waals surface area contributed by atoms with Crippen LogP contribution in [0.15, 0.2) is 44.9 Å². The van der Waals surface area contributed by atoms with Crippen molar-refractivity contribution in [3.05, 3.63) is 41.3 Å². The SMILES string of the molecule is CSc1sc(N=CN(C=O)OC(C)(C)C)cc1-c1csc(Nc2cccc(CO)c2)n1. The molecule has 2 heterocycles. The van der Waals surface area contributed by atoms with Crippen molar-refractivity contribution in [2.24, 2.45) is 4.99 Å². The monoisotopic (exact) mass is 476 g/mol. The standard InChI is InChI=1S/C21H24N4O3S3/c1-21(2,3)28-25(13-27)12-22-18-9-16(19(29-4)31-18)17-11-30-20(24-17)23-15-7-5-6-14(8-15)10-26/h5-9,11-13,26H,10H2,1-4H3,(H,23,24). The van der Waals surface area contributed by atoms with Crippen LogP contribution in [-0.4, -0.2) is 39.8 Å². The molecule has 1 amide bonds. The Kier molecular flexibility index (Phi) is 7.84. The molecule has 0 unspecified atom stereocenters. The van der Waals surface area contributed by atoms with Crippen LogP contribution in [0.2, 0.25) is 0 Å². The van der Waals surface area contributed by atoms with Crippen molar-refractivity contribution in [2.45, 2.75) is 37.2 Å². The number of carbonyl (C=O) groups is 1. The van der Waals surface area contributed by atoms with Gasteiger partial charge >= 0.3 is 0 Å². The fourth-order valence-corrected chi connectivity index (χ4v) is 5.03. The molecule has 3 aromatic rings. The number of nitrogens with one attached hydrogen (secondary N) is 1. The number of amides is 1. The summed E-state index contributed by atoms with van der Waals surface area (Å²) in [5.41, 5.74) is 3.06. The van der Waals surface area contributed by atoms with E-state index in [0.717, 1.165) is 41.9 Å². The van der Waals surface area contributed by atoms with Gasteiger partial charge < -0.3 is 10.4 Å². The lowest BCUT2D eigenvalue weighted by atomic mass is 10.2. The molecule has 1 aromatic carbocycles. The van der Waals surface area contributed by atoms with E-state index in [9.17, 15) is 9.90 Å². The van der Waals surface area contributed by atoms with Crippen LogP contribution in [0, 0.1) is 0 Å². The number of thiophene rings is 1.